The fourth-order valence-corrected chi connectivity index (χ4v) is 3.43. The van der Waals surface area contributed by atoms with Crippen LogP contribution in [0.25, 0.3) is 0 Å². The maximum absolute atomic E-state index is 12.6. The van der Waals surface area contributed by atoms with Gasteiger partial charge in [-0.3, -0.25) is 19.3 Å². The summed E-state index contributed by atoms with van der Waals surface area (Å²) in [5.74, 6) is -3.98. The third-order valence-corrected chi connectivity index (χ3v) is 4.85. The van der Waals surface area contributed by atoms with Crippen LogP contribution in [0.15, 0.2) is 24.3 Å². The van der Waals surface area contributed by atoms with Gasteiger partial charge in [0.15, 0.2) is 0 Å². The molecular weight excluding hydrogens is 370 g/mol. The molecule has 2 unspecified atom stereocenters. The van der Waals surface area contributed by atoms with Crippen LogP contribution in [-0.2, 0) is 32.1 Å². The maximum atomic E-state index is 12.6. The summed E-state index contributed by atoms with van der Waals surface area (Å²) in [5.41, 5.74) is 1.97. The molecule has 148 valence electrons. The molecule has 10 nitrogen and oxygen atoms in total. The van der Waals surface area contributed by atoms with Gasteiger partial charge in [0.05, 0.1) is 6.42 Å². The van der Waals surface area contributed by atoms with Crippen molar-refractivity contribution in [2.75, 3.05) is 6.54 Å². The van der Waals surface area contributed by atoms with E-state index in [1.807, 2.05) is 24.3 Å². The zero-order chi connectivity index (χ0) is 20.4. The fourth-order valence-electron chi connectivity index (χ4n) is 3.43. The number of imide groups is 1. The van der Waals surface area contributed by atoms with Gasteiger partial charge in [0, 0.05) is 25.9 Å². The Kier molecular flexibility index (Phi) is 5.30. The number of urea groups is 1. The zero-order valence-corrected chi connectivity index (χ0v) is 14.8. The van der Waals surface area contributed by atoms with Crippen LogP contribution < -0.4 is 5.32 Å². The van der Waals surface area contributed by atoms with E-state index < -0.39 is 48.3 Å². The topological polar surface area (TPSA) is 144 Å². The van der Waals surface area contributed by atoms with Gasteiger partial charge in [0.1, 0.15) is 12.1 Å². The molecule has 0 aliphatic carbocycles. The normalized spacial score (nSPS) is 19.1. The third-order valence-electron chi connectivity index (χ3n) is 4.85. The van der Waals surface area contributed by atoms with Crippen LogP contribution in [0.1, 0.15) is 24.0 Å². The number of benzene rings is 1. The quantitative estimate of drug-likeness (QED) is 0.548. The van der Waals surface area contributed by atoms with Crippen LogP contribution in [0.3, 0.4) is 0 Å². The second-order valence-corrected chi connectivity index (χ2v) is 6.70. The largest absolute Gasteiger partial charge is 0.481 e. The average Bonchev–Trinajstić information content (AvgIpc) is 2.87. The van der Waals surface area contributed by atoms with E-state index in [2.05, 4.69) is 5.32 Å². The van der Waals surface area contributed by atoms with Crippen molar-refractivity contribution in [1.82, 2.24) is 15.1 Å². The van der Waals surface area contributed by atoms with Crippen molar-refractivity contribution in [3.63, 3.8) is 0 Å². The van der Waals surface area contributed by atoms with Gasteiger partial charge in [0.25, 0.3) is 5.91 Å². The molecular formula is C18H19N3O7. The highest BCUT2D eigenvalue weighted by Crippen LogP contribution is 2.29. The number of rotatable bonds is 7. The Labute approximate surface area is 159 Å². The molecule has 2 aliphatic heterocycles. The maximum Gasteiger partial charge on any atom is 0.327 e. The summed E-state index contributed by atoms with van der Waals surface area (Å²) < 4.78 is 0. The first-order chi connectivity index (χ1) is 13.3. The lowest BCUT2D eigenvalue weighted by Crippen LogP contribution is -2.43. The summed E-state index contributed by atoms with van der Waals surface area (Å²) in [6, 6.07) is 4.87. The third kappa shape index (κ3) is 3.80. The monoisotopic (exact) mass is 389 g/mol. The van der Waals surface area contributed by atoms with E-state index in [1.54, 1.807) is 0 Å². The molecule has 28 heavy (non-hydrogen) atoms. The Morgan fingerprint density at radius 3 is 2.46 bits per heavy atom. The molecule has 1 fully saturated rings. The van der Waals surface area contributed by atoms with Crippen molar-refractivity contribution < 1.29 is 34.2 Å². The highest BCUT2D eigenvalue weighted by molar-refractivity contribution is 6.05. The summed E-state index contributed by atoms with van der Waals surface area (Å²) in [6.45, 7) is 0.111. The first kappa shape index (κ1) is 19.3. The highest BCUT2D eigenvalue weighted by atomic mass is 16.4. The molecule has 0 saturated carbocycles. The standard InChI is InChI=1S/C18H19N3O7/c22-14(19-12(17(26)27)8-15(23)24)5-6-20-16(25)13-7-10-3-1-2-4-11(10)9-21(13)18(20)28/h1-4,12-13H,5-9H2,(H,19,22)(H,23,24)(H,26,27). The summed E-state index contributed by atoms with van der Waals surface area (Å²) in [5, 5.41) is 19.7. The number of aliphatic carboxylic acids is 2. The van der Waals surface area contributed by atoms with Gasteiger partial charge in [-0.1, -0.05) is 24.3 Å². The van der Waals surface area contributed by atoms with Gasteiger partial charge in [-0.25, -0.2) is 9.59 Å². The number of carbonyl (C=O) groups excluding carboxylic acids is 3. The summed E-state index contributed by atoms with van der Waals surface area (Å²) >= 11 is 0. The Morgan fingerprint density at radius 2 is 1.82 bits per heavy atom. The van der Waals surface area contributed by atoms with Gasteiger partial charge in [-0.05, 0) is 11.1 Å². The van der Waals surface area contributed by atoms with Crippen LogP contribution in [0, 0.1) is 0 Å². The van der Waals surface area contributed by atoms with Crippen LogP contribution in [0.5, 0.6) is 0 Å². The van der Waals surface area contributed by atoms with Crippen LogP contribution in [0.2, 0.25) is 0 Å². The molecule has 0 aromatic heterocycles. The number of fused-ring (bicyclic) bond motifs is 2. The van der Waals surface area contributed by atoms with Gasteiger partial charge < -0.3 is 20.4 Å². The van der Waals surface area contributed by atoms with Crippen molar-refractivity contribution in [3.05, 3.63) is 35.4 Å². The van der Waals surface area contributed by atoms with E-state index in [4.69, 9.17) is 10.2 Å². The number of carboxylic acids is 2. The van der Waals surface area contributed by atoms with Crippen LogP contribution in [0.4, 0.5) is 4.79 Å². The van der Waals surface area contributed by atoms with Gasteiger partial charge >= 0.3 is 18.0 Å². The first-order valence-electron chi connectivity index (χ1n) is 8.70. The second kappa shape index (κ2) is 7.67. The van der Waals surface area contributed by atoms with E-state index in [-0.39, 0.29) is 13.0 Å². The Bertz CT molecular complexity index is 810. The smallest absolute Gasteiger partial charge is 0.327 e. The number of carboxylic acid groups (broad SMARTS) is 2. The molecule has 3 rings (SSSR count). The molecule has 1 aromatic rings. The van der Waals surface area contributed by atoms with Crippen molar-refractivity contribution in [1.29, 1.82) is 0 Å². The number of nitrogens with one attached hydrogen (secondary N) is 1. The number of hydrogen-bond acceptors (Lipinski definition) is 5. The molecule has 2 aliphatic rings. The van der Waals surface area contributed by atoms with Crippen molar-refractivity contribution in [3.8, 4) is 0 Å². The lowest BCUT2D eigenvalue weighted by molar-refractivity contribution is -0.147. The molecule has 4 amide bonds. The predicted octanol–water partition coefficient (Wildman–Crippen LogP) is -0.190. The van der Waals surface area contributed by atoms with Crippen LogP contribution in [-0.4, -0.2) is 68.4 Å². The molecule has 1 saturated heterocycles. The number of carbonyl (C=O) groups is 5. The predicted molar refractivity (Wildman–Crippen MR) is 93.0 cm³/mol. The molecule has 0 bridgehead atoms. The molecule has 0 radical (unpaired) electrons. The lowest BCUT2D eigenvalue weighted by Gasteiger charge is -2.28. The summed E-state index contributed by atoms with van der Waals surface area (Å²) in [7, 11) is 0. The molecule has 3 N–H and O–H groups in total. The van der Waals surface area contributed by atoms with Crippen LogP contribution >= 0.6 is 0 Å². The van der Waals surface area contributed by atoms with Crippen molar-refractivity contribution in [2.24, 2.45) is 0 Å². The molecule has 1 aromatic carbocycles. The Balaban J connectivity index is 1.61. The van der Waals surface area contributed by atoms with Crippen molar-refractivity contribution >= 4 is 29.8 Å². The second-order valence-electron chi connectivity index (χ2n) is 6.70. The first-order valence-corrected chi connectivity index (χ1v) is 8.70. The number of nitrogens with zero attached hydrogens (tertiary/aromatic N) is 2. The van der Waals surface area contributed by atoms with Gasteiger partial charge in [-0.15, -0.1) is 0 Å². The SMILES string of the molecule is O=C(O)CC(NC(=O)CCN1C(=O)C2Cc3ccccc3CN2C1=O)C(=O)O. The number of amides is 4. The molecule has 2 atom stereocenters. The minimum atomic E-state index is -1.57. The van der Waals surface area contributed by atoms with E-state index in [0.29, 0.717) is 13.0 Å². The zero-order valence-electron chi connectivity index (χ0n) is 14.8. The van der Waals surface area contributed by atoms with E-state index in [0.717, 1.165) is 16.0 Å². The van der Waals surface area contributed by atoms with Gasteiger partial charge in [-0.2, -0.15) is 0 Å². The highest BCUT2D eigenvalue weighted by Gasteiger charge is 2.46. The lowest BCUT2D eigenvalue weighted by atomic mass is 9.95. The average molecular weight is 389 g/mol. The van der Waals surface area contributed by atoms with Crippen molar-refractivity contribution in [2.45, 2.75) is 37.9 Å². The molecule has 10 heteroatoms. The van der Waals surface area contributed by atoms with E-state index in [9.17, 15) is 24.0 Å². The Morgan fingerprint density at radius 1 is 1.14 bits per heavy atom. The summed E-state index contributed by atoms with van der Waals surface area (Å²) in [6.07, 6.45) is -0.672. The van der Waals surface area contributed by atoms with E-state index >= 15 is 0 Å². The van der Waals surface area contributed by atoms with E-state index in [1.165, 1.54) is 4.90 Å². The minimum absolute atomic E-state index is 0.202. The fraction of sp³-hybridized carbons (Fsp3) is 0.389. The minimum Gasteiger partial charge on any atom is -0.481 e. The Hall–Kier alpha value is -3.43. The molecule has 0 spiro atoms. The number of hydrogen-bond donors (Lipinski definition) is 3. The molecule has 2 heterocycles. The van der Waals surface area contributed by atoms with Gasteiger partial charge in [0.2, 0.25) is 5.91 Å². The summed E-state index contributed by atoms with van der Waals surface area (Å²) in [4.78, 5) is 61.3.